The van der Waals surface area contributed by atoms with E-state index in [0.29, 0.717) is 6.54 Å². The lowest BCUT2D eigenvalue weighted by Gasteiger charge is -2.20. The van der Waals surface area contributed by atoms with Gasteiger partial charge in [-0.1, -0.05) is 24.3 Å². The van der Waals surface area contributed by atoms with E-state index in [2.05, 4.69) is 0 Å². The zero-order valence-corrected chi connectivity index (χ0v) is 11.1. The molecule has 0 aromatic heterocycles. The fourth-order valence-electron chi connectivity index (χ4n) is 1.83. The fraction of sp³-hybridized carbons (Fsp3) is 0.462. The van der Waals surface area contributed by atoms with Gasteiger partial charge in [-0.3, -0.25) is 15.1 Å². The maximum absolute atomic E-state index is 12.4. The second-order valence-corrected chi connectivity index (χ2v) is 4.41. The summed E-state index contributed by atoms with van der Waals surface area (Å²) in [7, 11) is 0. The third kappa shape index (κ3) is 6.05. The fourth-order valence-corrected chi connectivity index (χ4v) is 1.83. The van der Waals surface area contributed by atoms with Gasteiger partial charge in [0.2, 0.25) is 5.91 Å². The number of alkyl halides is 2. The molecule has 20 heavy (non-hydrogen) atoms. The van der Waals surface area contributed by atoms with Crippen LogP contribution in [-0.2, 0) is 17.8 Å². The molecule has 0 saturated carbocycles. The monoisotopic (exact) mass is 287 g/mol. The average molecular weight is 287 g/mol. The number of benzene rings is 1. The van der Waals surface area contributed by atoms with Gasteiger partial charge in [0.1, 0.15) is 0 Å². The zero-order valence-electron chi connectivity index (χ0n) is 11.1. The van der Waals surface area contributed by atoms with Crippen molar-refractivity contribution in [2.45, 2.75) is 19.4 Å². The Morgan fingerprint density at radius 3 is 2.40 bits per heavy atom. The van der Waals surface area contributed by atoms with Gasteiger partial charge in [-0.05, 0) is 11.1 Å². The van der Waals surface area contributed by atoms with E-state index < -0.39 is 6.43 Å². The number of nitrogens with two attached hydrogens (primary N) is 1. The first-order chi connectivity index (χ1) is 9.55. The highest BCUT2D eigenvalue weighted by atomic mass is 19.3. The molecule has 4 N–H and O–H groups in total. The standard InChI is InChI=1S/C13H19F2N3O2/c14-12(15)9-18(5-6-19)8-11-3-1-10(2-4-11)7-13(20)17-16/h1-4,12,19H,5-9,16H2,(H,17,20). The van der Waals surface area contributed by atoms with Gasteiger partial charge < -0.3 is 5.11 Å². The highest BCUT2D eigenvalue weighted by molar-refractivity contribution is 5.77. The highest BCUT2D eigenvalue weighted by Gasteiger charge is 2.12. The summed E-state index contributed by atoms with van der Waals surface area (Å²) in [5.74, 6) is 4.70. The normalized spacial score (nSPS) is 11.1. The molecule has 1 rings (SSSR count). The van der Waals surface area contributed by atoms with E-state index in [0.717, 1.165) is 11.1 Å². The zero-order chi connectivity index (χ0) is 15.0. The number of carbonyl (C=O) groups is 1. The molecule has 0 radical (unpaired) electrons. The van der Waals surface area contributed by atoms with Crippen molar-refractivity contribution >= 4 is 5.91 Å². The highest BCUT2D eigenvalue weighted by Crippen LogP contribution is 2.09. The number of amides is 1. The molecule has 1 aromatic rings. The largest absolute Gasteiger partial charge is 0.395 e. The first-order valence-corrected chi connectivity index (χ1v) is 6.23. The third-order valence-electron chi connectivity index (χ3n) is 2.77. The van der Waals surface area contributed by atoms with Gasteiger partial charge in [-0.2, -0.15) is 0 Å². The van der Waals surface area contributed by atoms with Crippen LogP contribution in [0.1, 0.15) is 11.1 Å². The molecule has 1 amide bonds. The van der Waals surface area contributed by atoms with Gasteiger partial charge in [0.05, 0.1) is 19.6 Å². The number of halogens is 2. The van der Waals surface area contributed by atoms with E-state index in [1.807, 2.05) is 5.43 Å². The number of nitrogens with zero attached hydrogens (tertiary/aromatic N) is 1. The second-order valence-electron chi connectivity index (χ2n) is 4.41. The molecule has 0 saturated heterocycles. The minimum atomic E-state index is -2.44. The van der Waals surface area contributed by atoms with Gasteiger partial charge in [0.25, 0.3) is 6.43 Å². The lowest BCUT2D eigenvalue weighted by molar-refractivity contribution is -0.120. The van der Waals surface area contributed by atoms with Crippen molar-refractivity contribution in [2.75, 3.05) is 19.7 Å². The van der Waals surface area contributed by atoms with Crippen LogP contribution >= 0.6 is 0 Å². The van der Waals surface area contributed by atoms with Crippen LogP contribution in [0.2, 0.25) is 0 Å². The number of carbonyl (C=O) groups excluding carboxylic acids is 1. The average Bonchev–Trinajstić information content (AvgIpc) is 2.40. The second kappa shape index (κ2) is 8.57. The van der Waals surface area contributed by atoms with E-state index in [9.17, 15) is 13.6 Å². The van der Waals surface area contributed by atoms with Crippen LogP contribution in [0.15, 0.2) is 24.3 Å². The molecular formula is C13H19F2N3O2. The van der Waals surface area contributed by atoms with E-state index in [1.165, 1.54) is 4.90 Å². The summed E-state index contributed by atoms with van der Waals surface area (Å²) >= 11 is 0. The first-order valence-electron chi connectivity index (χ1n) is 6.23. The molecule has 112 valence electrons. The summed E-state index contributed by atoms with van der Waals surface area (Å²) in [6.45, 7) is -0.0185. The Morgan fingerprint density at radius 2 is 1.90 bits per heavy atom. The smallest absolute Gasteiger partial charge is 0.251 e. The van der Waals surface area contributed by atoms with Crippen molar-refractivity contribution in [3.8, 4) is 0 Å². The van der Waals surface area contributed by atoms with Crippen LogP contribution in [0.3, 0.4) is 0 Å². The topological polar surface area (TPSA) is 78.6 Å². The number of hydrogen-bond donors (Lipinski definition) is 3. The molecule has 0 spiro atoms. The number of nitrogens with one attached hydrogen (secondary N) is 1. The summed E-state index contributed by atoms with van der Waals surface area (Å²) in [6.07, 6.45) is -2.26. The predicted octanol–water partition coefficient (Wildman–Crippen LogP) is 0.278. The van der Waals surface area contributed by atoms with Crippen LogP contribution in [0, 0.1) is 0 Å². The molecule has 0 fully saturated rings. The predicted molar refractivity (Wildman–Crippen MR) is 70.8 cm³/mol. The van der Waals surface area contributed by atoms with Gasteiger partial charge in [-0.15, -0.1) is 0 Å². The van der Waals surface area contributed by atoms with Crippen molar-refractivity contribution in [1.29, 1.82) is 0 Å². The molecule has 5 nitrogen and oxygen atoms in total. The lowest BCUT2D eigenvalue weighted by atomic mass is 10.1. The maximum atomic E-state index is 12.4. The van der Waals surface area contributed by atoms with E-state index in [-0.39, 0.29) is 32.0 Å². The van der Waals surface area contributed by atoms with Crippen molar-refractivity contribution in [3.05, 3.63) is 35.4 Å². The van der Waals surface area contributed by atoms with E-state index in [1.54, 1.807) is 24.3 Å². The third-order valence-corrected chi connectivity index (χ3v) is 2.77. The van der Waals surface area contributed by atoms with Gasteiger partial charge in [0.15, 0.2) is 0 Å². The number of aliphatic hydroxyl groups is 1. The Balaban J connectivity index is 2.60. The number of hydrogen-bond acceptors (Lipinski definition) is 4. The Kier molecular flexibility index (Phi) is 7.06. The molecule has 1 aromatic carbocycles. The van der Waals surface area contributed by atoms with Crippen LogP contribution in [0.4, 0.5) is 8.78 Å². The SMILES string of the molecule is NNC(=O)Cc1ccc(CN(CCO)CC(F)F)cc1. The molecule has 0 unspecified atom stereocenters. The Morgan fingerprint density at radius 1 is 1.30 bits per heavy atom. The van der Waals surface area contributed by atoms with Gasteiger partial charge in [-0.25, -0.2) is 14.6 Å². The van der Waals surface area contributed by atoms with Crippen molar-refractivity contribution in [3.63, 3.8) is 0 Å². The summed E-state index contributed by atoms with van der Waals surface area (Å²) in [5.41, 5.74) is 3.67. The number of hydrazine groups is 1. The van der Waals surface area contributed by atoms with E-state index in [4.69, 9.17) is 10.9 Å². The van der Waals surface area contributed by atoms with Crippen LogP contribution in [0.25, 0.3) is 0 Å². The first kappa shape index (κ1) is 16.5. The molecule has 0 aliphatic heterocycles. The van der Waals surface area contributed by atoms with E-state index >= 15 is 0 Å². The van der Waals surface area contributed by atoms with Gasteiger partial charge >= 0.3 is 0 Å². The van der Waals surface area contributed by atoms with Crippen LogP contribution in [-0.4, -0.2) is 42.0 Å². The number of rotatable bonds is 8. The Labute approximate surface area is 116 Å². The molecule has 0 bridgehead atoms. The van der Waals surface area contributed by atoms with Crippen molar-refractivity contribution in [1.82, 2.24) is 10.3 Å². The quantitative estimate of drug-likeness (QED) is 0.364. The molecule has 0 heterocycles. The summed E-state index contributed by atoms with van der Waals surface area (Å²) < 4.78 is 24.8. The molecule has 7 heteroatoms. The summed E-state index contributed by atoms with van der Waals surface area (Å²) in [4.78, 5) is 12.6. The van der Waals surface area contributed by atoms with Crippen molar-refractivity contribution in [2.24, 2.45) is 5.84 Å². The number of aliphatic hydroxyl groups excluding tert-OH is 1. The Hall–Kier alpha value is -1.57. The molecular weight excluding hydrogens is 268 g/mol. The molecule has 0 atom stereocenters. The van der Waals surface area contributed by atoms with Crippen LogP contribution in [0.5, 0.6) is 0 Å². The summed E-state index contributed by atoms with van der Waals surface area (Å²) in [6, 6.07) is 7.05. The minimum Gasteiger partial charge on any atom is -0.395 e. The Bertz CT molecular complexity index is 413. The molecule has 0 aliphatic rings. The summed E-state index contributed by atoms with van der Waals surface area (Å²) in [5, 5.41) is 8.86. The van der Waals surface area contributed by atoms with Crippen molar-refractivity contribution < 1.29 is 18.7 Å². The minimum absolute atomic E-state index is 0.165. The van der Waals surface area contributed by atoms with Gasteiger partial charge in [0, 0.05) is 13.1 Å². The van der Waals surface area contributed by atoms with Crippen LogP contribution < -0.4 is 11.3 Å². The lowest BCUT2D eigenvalue weighted by Crippen LogP contribution is -2.31. The maximum Gasteiger partial charge on any atom is 0.251 e. The molecule has 0 aliphatic carbocycles.